The maximum atomic E-state index is 6.02. The van der Waals surface area contributed by atoms with Gasteiger partial charge in [0.15, 0.2) is 0 Å². The van der Waals surface area contributed by atoms with E-state index in [0.29, 0.717) is 6.61 Å². The highest BCUT2D eigenvalue weighted by atomic mass is 16.5. The first-order valence-electron chi connectivity index (χ1n) is 10.5. The minimum absolute atomic E-state index is 0.420. The molecule has 2 heterocycles. The van der Waals surface area contributed by atoms with Crippen molar-refractivity contribution in [2.75, 3.05) is 0 Å². The van der Waals surface area contributed by atoms with Gasteiger partial charge in [-0.2, -0.15) is 0 Å². The van der Waals surface area contributed by atoms with Crippen molar-refractivity contribution in [3.63, 3.8) is 0 Å². The predicted molar refractivity (Wildman–Crippen MR) is 125 cm³/mol. The number of fused-ring (bicyclic) bond motifs is 1. The molecular weight excluding hydrogens is 386 g/mol. The largest absolute Gasteiger partial charge is 0.486 e. The highest BCUT2D eigenvalue weighted by Crippen LogP contribution is 2.21. The SMILES string of the molecule is CC=N/C=C\Cc1cnc(CC)n1-c1ccc(OCc2nc3ccccc3n2C)cc1. The van der Waals surface area contributed by atoms with E-state index in [4.69, 9.17) is 4.74 Å². The number of hydrogen-bond donors (Lipinski definition) is 0. The Labute approximate surface area is 182 Å². The third-order valence-corrected chi connectivity index (χ3v) is 5.23. The number of para-hydroxylation sites is 2. The summed E-state index contributed by atoms with van der Waals surface area (Å²) in [4.78, 5) is 13.4. The first-order chi connectivity index (χ1) is 15.2. The fourth-order valence-electron chi connectivity index (χ4n) is 3.62. The molecule has 0 radical (unpaired) electrons. The number of benzene rings is 2. The zero-order chi connectivity index (χ0) is 21.6. The van der Waals surface area contributed by atoms with Crippen molar-refractivity contribution in [2.24, 2.45) is 12.0 Å². The topological polar surface area (TPSA) is 57.2 Å². The molecule has 0 saturated heterocycles. The normalized spacial score (nSPS) is 11.8. The second-order valence-electron chi connectivity index (χ2n) is 7.21. The Morgan fingerprint density at radius 2 is 1.87 bits per heavy atom. The van der Waals surface area contributed by atoms with Crippen molar-refractivity contribution in [3.8, 4) is 11.4 Å². The van der Waals surface area contributed by atoms with E-state index >= 15 is 0 Å². The molecule has 0 aliphatic carbocycles. The molecule has 6 nitrogen and oxygen atoms in total. The fraction of sp³-hybridized carbons (Fsp3) is 0.240. The van der Waals surface area contributed by atoms with Crippen LogP contribution in [0.1, 0.15) is 31.2 Å². The van der Waals surface area contributed by atoms with Gasteiger partial charge in [-0.15, -0.1) is 0 Å². The third-order valence-electron chi connectivity index (χ3n) is 5.23. The molecule has 6 heteroatoms. The molecule has 0 N–H and O–H groups in total. The lowest BCUT2D eigenvalue weighted by Gasteiger charge is -2.12. The van der Waals surface area contributed by atoms with Crippen LogP contribution in [0.5, 0.6) is 5.75 Å². The van der Waals surface area contributed by atoms with Gasteiger partial charge < -0.3 is 13.9 Å². The summed E-state index contributed by atoms with van der Waals surface area (Å²) in [6.07, 6.45) is 9.21. The van der Waals surface area contributed by atoms with Crippen LogP contribution in [0.4, 0.5) is 0 Å². The fourth-order valence-corrected chi connectivity index (χ4v) is 3.62. The van der Waals surface area contributed by atoms with Gasteiger partial charge in [0.2, 0.25) is 0 Å². The Kier molecular flexibility index (Phi) is 6.26. The van der Waals surface area contributed by atoms with Gasteiger partial charge in [0.1, 0.15) is 24.0 Å². The van der Waals surface area contributed by atoms with E-state index in [1.807, 2.05) is 62.8 Å². The van der Waals surface area contributed by atoms with Crippen molar-refractivity contribution in [1.29, 1.82) is 0 Å². The van der Waals surface area contributed by atoms with Crippen LogP contribution in [-0.2, 0) is 26.5 Å². The zero-order valence-corrected chi connectivity index (χ0v) is 18.2. The Morgan fingerprint density at radius 3 is 2.61 bits per heavy atom. The quantitative estimate of drug-likeness (QED) is 0.380. The molecule has 0 unspecified atom stereocenters. The number of aromatic nitrogens is 4. The number of allylic oxidation sites excluding steroid dienone is 1. The molecule has 0 saturated carbocycles. The number of ether oxygens (including phenoxy) is 1. The molecule has 31 heavy (non-hydrogen) atoms. The molecule has 0 aliphatic rings. The summed E-state index contributed by atoms with van der Waals surface area (Å²) in [7, 11) is 2.02. The second kappa shape index (κ2) is 9.43. The third kappa shape index (κ3) is 4.43. The molecule has 4 rings (SSSR count). The lowest BCUT2D eigenvalue weighted by molar-refractivity contribution is 0.292. The molecule has 0 aliphatic heterocycles. The average molecular weight is 414 g/mol. The molecule has 0 fully saturated rings. The maximum Gasteiger partial charge on any atom is 0.147 e. The summed E-state index contributed by atoms with van der Waals surface area (Å²) >= 11 is 0. The van der Waals surface area contributed by atoms with Gasteiger partial charge in [0.25, 0.3) is 0 Å². The van der Waals surface area contributed by atoms with Crippen LogP contribution < -0.4 is 4.74 Å². The van der Waals surface area contributed by atoms with Crippen LogP contribution in [0.3, 0.4) is 0 Å². The van der Waals surface area contributed by atoms with Crippen molar-refractivity contribution in [3.05, 3.63) is 84.3 Å². The van der Waals surface area contributed by atoms with Crippen LogP contribution in [0.2, 0.25) is 0 Å². The molecule has 0 atom stereocenters. The summed E-state index contributed by atoms with van der Waals surface area (Å²) in [5.41, 5.74) is 4.30. The maximum absolute atomic E-state index is 6.02. The monoisotopic (exact) mass is 413 g/mol. The van der Waals surface area contributed by atoms with Crippen molar-refractivity contribution < 1.29 is 4.74 Å². The minimum atomic E-state index is 0.420. The number of hydrogen-bond acceptors (Lipinski definition) is 4. The smallest absolute Gasteiger partial charge is 0.147 e. The lowest BCUT2D eigenvalue weighted by Crippen LogP contribution is -2.05. The zero-order valence-electron chi connectivity index (χ0n) is 18.2. The van der Waals surface area contributed by atoms with E-state index in [1.165, 1.54) is 0 Å². The van der Waals surface area contributed by atoms with E-state index in [9.17, 15) is 0 Å². The van der Waals surface area contributed by atoms with E-state index in [0.717, 1.165) is 52.7 Å². The van der Waals surface area contributed by atoms with E-state index in [1.54, 1.807) is 6.21 Å². The first-order valence-corrected chi connectivity index (χ1v) is 10.5. The van der Waals surface area contributed by atoms with Gasteiger partial charge in [0.05, 0.1) is 11.0 Å². The average Bonchev–Trinajstić information content (AvgIpc) is 3.36. The van der Waals surface area contributed by atoms with Crippen molar-refractivity contribution in [1.82, 2.24) is 19.1 Å². The molecule has 0 spiro atoms. The highest BCUT2D eigenvalue weighted by molar-refractivity contribution is 5.75. The predicted octanol–water partition coefficient (Wildman–Crippen LogP) is 5.05. The molecule has 2 aromatic carbocycles. The lowest BCUT2D eigenvalue weighted by atomic mass is 10.2. The minimum Gasteiger partial charge on any atom is -0.486 e. The summed E-state index contributed by atoms with van der Waals surface area (Å²) in [6.45, 7) is 4.45. The Hall–Kier alpha value is -3.67. The van der Waals surface area contributed by atoms with Gasteiger partial charge in [-0.05, 0) is 43.3 Å². The standard InChI is InChI=1S/C25H27N5O/c1-4-24-27-17-20(9-8-16-26-5-2)30(24)19-12-14-21(15-13-19)31-18-25-28-22-10-6-7-11-23(22)29(25)3/h5-8,10-17H,4,9,18H2,1-3H3/b16-8-,26-5?. The molecular formula is C25H27N5O. The van der Waals surface area contributed by atoms with Crippen LogP contribution in [0.15, 0.2) is 72.0 Å². The van der Waals surface area contributed by atoms with Crippen LogP contribution in [0.25, 0.3) is 16.7 Å². The Bertz CT molecular complexity index is 1210. The molecule has 4 aromatic rings. The Morgan fingerprint density at radius 1 is 1.06 bits per heavy atom. The number of imidazole rings is 2. The number of aryl methyl sites for hydroxylation is 2. The van der Waals surface area contributed by atoms with Crippen LogP contribution >= 0.6 is 0 Å². The van der Waals surface area contributed by atoms with Crippen molar-refractivity contribution >= 4 is 17.2 Å². The highest BCUT2D eigenvalue weighted by Gasteiger charge is 2.11. The van der Waals surface area contributed by atoms with Gasteiger partial charge in [0, 0.05) is 49.9 Å². The van der Waals surface area contributed by atoms with Gasteiger partial charge >= 0.3 is 0 Å². The number of nitrogens with zero attached hydrogens (tertiary/aromatic N) is 5. The molecule has 0 bridgehead atoms. The van der Waals surface area contributed by atoms with E-state index in [2.05, 4.69) is 49.2 Å². The molecule has 158 valence electrons. The van der Waals surface area contributed by atoms with Crippen LogP contribution in [-0.4, -0.2) is 25.3 Å². The summed E-state index contributed by atoms with van der Waals surface area (Å²) < 4.78 is 10.3. The summed E-state index contributed by atoms with van der Waals surface area (Å²) in [5.74, 6) is 2.75. The summed E-state index contributed by atoms with van der Waals surface area (Å²) in [5, 5.41) is 0. The van der Waals surface area contributed by atoms with Gasteiger partial charge in [-0.3, -0.25) is 4.99 Å². The Balaban J connectivity index is 1.50. The van der Waals surface area contributed by atoms with E-state index < -0.39 is 0 Å². The van der Waals surface area contributed by atoms with E-state index in [-0.39, 0.29) is 0 Å². The second-order valence-corrected chi connectivity index (χ2v) is 7.21. The first kappa shape index (κ1) is 20.6. The number of aliphatic imine (C=N–C) groups is 1. The molecule has 0 amide bonds. The van der Waals surface area contributed by atoms with Gasteiger partial charge in [-0.1, -0.05) is 25.1 Å². The van der Waals surface area contributed by atoms with Crippen LogP contribution in [0, 0.1) is 0 Å². The van der Waals surface area contributed by atoms with Gasteiger partial charge in [-0.25, -0.2) is 9.97 Å². The number of rotatable bonds is 8. The molecule has 2 aromatic heterocycles. The summed E-state index contributed by atoms with van der Waals surface area (Å²) in [6, 6.07) is 16.3. The van der Waals surface area contributed by atoms with Crippen molar-refractivity contribution in [2.45, 2.75) is 33.3 Å².